The van der Waals surface area contributed by atoms with Crippen molar-refractivity contribution in [2.75, 3.05) is 21.3 Å². The summed E-state index contributed by atoms with van der Waals surface area (Å²) in [5.74, 6) is -0.851. The van der Waals surface area contributed by atoms with Crippen LogP contribution in [0.5, 0.6) is 0 Å². The van der Waals surface area contributed by atoms with Gasteiger partial charge in [0.05, 0.1) is 14.2 Å². The van der Waals surface area contributed by atoms with Gasteiger partial charge in [0.1, 0.15) is 10.5 Å². The number of esters is 2. The Labute approximate surface area is 109 Å². The van der Waals surface area contributed by atoms with Crippen LogP contribution in [0.3, 0.4) is 0 Å². The van der Waals surface area contributed by atoms with E-state index in [2.05, 4.69) is 0 Å². The molecule has 0 saturated carbocycles. The summed E-state index contributed by atoms with van der Waals surface area (Å²) in [6, 6.07) is 0. The normalized spacial score (nSPS) is 32.2. The molecular formula is C10H16O5S2. The summed E-state index contributed by atoms with van der Waals surface area (Å²) in [7, 11) is 4.18. The molecule has 0 radical (unpaired) electrons. The molecule has 1 aliphatic rings. The highest BCUT2D eigenvalue weighted by Gasteiger charge is 2.53. The minimum atomic E-state index is -0.586. The molecule has 1 saturated heterocycles. The molecule has 1 fully saturated rings. The van der Waals surface area contributed by atoms with Crippen molar-refractivity contribution < 1.29 is 23.8 Å². The maximum absolute atomic E-state index is 11.6. The molecule has 0 N–H and O–H groups in total. The van der Waals surface area contributed by atoms with Crippen molar-refractivity contribution in [3.05, 3.63) is 0 Å². The SMILES string of the molecule is CCC1(OC)SC(C(=O)OC)C(C(=O)OC)S1. The number of thioether (sulfide) groups is 2. The first-order valence-corrected chi connectivity index (χ1v) is 6.86. The Kier molecular flexibility index (Phi) is 5.15. The number of methoxy groups -OCH3 is 3. The molecule has 0 amide bonds. The van der Waals surface area contributed by atoms with Crippen molar-refractivity contribution >= 4 is 35.5 Å². The van der Waals surface area contributed by atoms with Gasteiger partial charge in [-0.2, -0.15) is 0 Å². The van der Waals surface area contributed by atoms with Crippen LogP contribution in [0, 0.1) is 0 Å². The van der Waals surface area contributed by atoms with Gasteiger partial charge in [-0.25, -0.2) is 0 Å². The highest BCUT2D eigenvalue weighted by Crippen LogP contribution is 2.55. The number of carbonyl (C=O) groups excluding carboxylic acids is 2. The van der Waals surface area contributed by atoms with Crippen LogP contribution in [0.1, 0.15) is 13.3 Å². The predicted molar refractivity (Wildman–Crippen MR) is 66.8 cm³/mol. The van der Waals surface area contributed by atoms with E-state index in [0.29, 0.717) is 6.42 Å². The lowest BCUT2D eigenvalue weighted by Crippen LogP contribution is -2.33. The van der Waals surface area contributed by atoms with Crippen LogP contribution in [-0.2, 0) is 23.8 Å². The summed E-state index contributed by atoms with van der Waals surface area (Å²) in [5, 5.41) is -1.17. The Balaban J connectivity index is 2.93. The molecule has 0 aliphatic carbocycles. The molecule has 98 valence electrons. The van der Waals surface area contributed by atoms with Gasteiger partial charge in [0.15, 0.2) is 4.27 Å². The van der Waals surface area contributed by atoms with Crippen LogP contribution in [0.4, 0.5) is 0 Å². The third-order valence-corrected chi connectivity index (χ3v) is 6.31. The largest absolute Gasteiger partial charge is 0.468 e. The topological polar surface area (TPSA) is 61.8 Å². The van der Waals surface area contributed by atoms with Crippen molar-refractivity contribution in [1.82, 2.24) is 0 Å². The second kappa shape index (κ2) is 5.97. The zero-order valence-electron chi connectivity index (χ0n) is 10.2. The maximum atomic E-state index is 11.6. The van der Waals surface area contributed by atoms with E-state index >= 15 is 0 Å². The molecule has 0 aromatic rings. The van der Waals surface area contributed by atoms with Gasteiger partial charge >= 0.3 is 11.9 Å². The lowest BCUT2D eigenvalue weighted by atomic mass is 10.3. The predicted octanol–water partition coefficient (Wildman–Crippen LogP) is 1.26. The van der Waals surface area contributed by atoms with E-state index in [0.717, 1.165) is 0 Å². The number of hydrogen-bond acceptors (Lipinski definition) is 7. The van der Waals surface area contributed by atoms with E-state index in [1.807, 2.05) is 6.92 Å². The Morgan fingerprint density at radius 1 is 1.06 bits per heavy atom. The molecule has 1 aliphatic heterocycles. The maximum Gasteiger partial charge on any atom is 0.320 e. The summed E-state index contributed by atoms with van der Waals surface area (Å²) in [5.41, 5.74) is 0. The molecule has 1 rings (SSSR count). The monoisotopic (exact) mass is 280 g/mol. The van der Waals surface area contributed by atoms with Crippen LogP contribution in [-0.4, -0.2) is 48.0 Å². The summed E-state index contributed by atoms with van der Waals surface area (Å²) < 4.78 is 14.2. The van der Waals surface area contributed by atoms with Crippen LogP contribution >= 0.6 is 23.5 Å². The molecule has 2 unspecified atom stereocenters. The third kappa shape index (κ3) is 2.89. The fourth-order valence-electron chi connectivity index (χ4n) is 1.52. The van der Waals surface area contributed by atoms with E-state index in [4.69, 9.17) is 14.2 Å². The average molecular weight is 280 g/mol. The van der Waals surface area contributed by atoms with Crippen LogP contribution in [0.2, 0.25) is 0 Å². The van der Waals surface area contributed by atoms with Gasteiger partial charge in [0, 0.05) is 7.11 Å². The Morgan fingerprint density at radius 3 is 1.71 bits per heavy atom. The fraction of sp³-hybridized carbons (Fsp3) is 0.800. The van der Waals surface area contributed by atoms with Crippen molar-refractivity contribution in [2.24, 2.45) is 0 Å². The standard InChI is InChI=1S/C10H16O5S2/c1-5-10(15-4)16-6(8(11)13-2)7(17-10)9(12)14-3/h6-7H,5H2,1-4H3. The molecule has 5 nitrogen and oxygen atoms in total. The van der Waals surface area contributed by atoms with Gasteiger partial charge in [-0.3, -0.25) is 9.59 Å². The number of carbonyl (C=O) groups is 2. The first kappa shape index (κ1) is 14.7. The third-order valence-electron chi connectivity index (χ3n) is 2.50. The zero-order chi connectivity index (χ0) is 13.1. The molecule has 0 spiro atoms. The van der Waals surface area contributed by atoms with Gasteiger partial charge in [-0.1, -0.05) is 30.4 Å². The van der Waals surface area contributed by atoms with Crippen molar-refractivity contribution in [2.45, 2.75) is 28.1 Å². The minimum absolute atomic E-state index is 0.426. The van der Waals surface area contributed by atoms with E-state index in [-0.39, 0.29) is 0 Å². The summed E-state index contributed by atoms with van der Waals surface area (Å²) in [6.45, 7) is 1.94. The number of rotatable bonds is 4. The first-order chi connectivity index (χ1) is 8.03. The van der Waals surface area contributed by atoms with E-state index in [9.17, 15) is 9.59 Å². The Hall–Kier alpha value is -0.400. The second-order valence-electron chi connectivity index (χ2n) is 3.36. The average Bonchev–Trinajstić information content (AvgIpc) is 2.77. The highest BCUT2D eigenvalue weighted by atomic mass is 32.2. The lowest BCUT2D eigenvalue weighted by molar-refractivity contribution is -0.145. The first-order valence-electron chi connectivity index (χ1n) is 5.10. The number of ether oxygens (including phenoxy) is 3. The smallest absolute Gasteiger partial charge is 0.320 e. The summed E-state index contributed by atoms with van der Waals surface area (Å²) >= 11 is 2.62. The van der Waals surface area contributed by atoms with Gasteiger partial charge in [-0.05, 0) is 6.42 Å². The molecule has 7 heteroatoms. The molecule has 1 heterocycles. The molecule has 0 bridgehead atoms. The Bertz CT molecular complexity index is 277. The van der Waals surface area contributed by atoms with Crippen molar-refractivity contribution in [3.63, 3.8) is 0 Å². The number of hydrogen-bond donors (Lipinski definition) is 0. The molecule has 0 aromatic carbocycles. The molecule has 0 aromatic heterocycles. The molecular weight excluding hydrogens is 264 g/mol. The van der Waals surface area contributed by atoms with Gasteiger partial charge < -0.3 is 14.2 Å². The van der Waals surface area contributed by atoms with Gasteiger partial charge in [0.25, 0.3) is 0 Å². The quantitative estimate of drug-likeness (QED) is 0.718. The fourth-order valence-corrected chi connectivity index (χ4v) is 4.85. The van der Waals surface area contributed by atoms with Crippen LogP contribution < -0.4 is 0 Å². The van der Waals surface area contributed by atoms with E-state index < -0.39 is 26.7 Å². The Morgan fingerprint density at radius 2 is 1.47 bits per heavy atom. The van der Waals surface area contributed by atoms with Gasteiger partial charge in [0.2, 0.25) is 0 Å². The summed E-state index contributed by atoms with van der Waals surface area (Å²) in [6.07, 6.45) is 0.680. The van der Waals surface area contributed by atoms with E-state index in [1.165, 1.54) is 37.7 Å². The van der Waals surface area contributed by atoms with Crippen LogP contribution in [0.25, 0.3) is 0 Å². The highest BCUT2D eigenvalue weighted by molar-refractivity contribution is 8.22. The lowest BCUT2D eigenvalue weighted by Gasteiger charge is -2.23. The summed E-state index contributed by atoms with van der Waals surface area (Å²) in [4.78, 5) is 23.3. The molecule has 17 heavy (non-hydrogen) atoms. The second-order valence-corrected chi connectivity index (χ2v) is 6.43. The van der Waals surface area contributed by atoms with Crippen LogP contribution in [0.15, 0.2) is 0 Å². The molecule has 2 atom stereocenters. The van der Waals surface area contributed by atoms with Gasteiger partial charge in [-0.15, -0.1) is 0 Å². The van der Waals surface area contributed by atoms with E-state index in [1.54, 1.807) is 7.11 Å². The zero-order valence-corrected chi connectivity index (χ0v) is 11.9. The minimum Gasteiger partial charge on any atom is -0.468 e. The van der Waals surface area contributed by atoms with Crippen molar-refractivity contribution in [1.29, 1.82) is 0 Å². The van der Waals surface area contributed by atoms with Crippen molar-refractivity contribution in [3.8, 4) is 0 Å².